The molecule has 0 spiro atoms. The smallest absolute Gasteiger partial charge is 0.306 e. The third-order valence-corrected chi connectivity index (χ3v) is 26.6. The van der Waals surface area contributed by atoms with Gasteiger partial charge in [-0.15, -0.1) is 0 Å². The third kappa shape index (κ3) is 66.5. The lowest BCUT2D eigenvalue weighted by Crippen LogP contribution is -2.65. The minimum Gasteiger partial charge on any atom is -0.463 e. The number of carbonyl (C=O) groups is 7. The standard InChI is InChI=1S/C110H204O18/c1-8-15-22-29-36-43-50-57-64-71-78-85-97(112)119-93-96-105(123-100(115)88-81-74-67-60-53-46-39-32-25-18-11-4)108(126-103(118)91-84-77-70-63-56-49-42-35-28-21-14-7)110(127-96,94-120-98(113)86-79-72-65-58-51-44-37-30-23-16-9-2)128-109-107(125-102(117)90-83-76-69-62-55-48-41-34-27-20-13-6)106(124-101(116)89-82-75-68-61-54-47-40-33-26-19-12-5)104(95(92-111)121-109)122-99(114)87-80-73-66-59-52-45-38-31-24-17-10-3/h95-96,104-109,111H,8-94H2,1-7H3/t95-,96-,104-,105-,106+,107-,108+,109-,110+/m1/s1. The average Bonchev–Trinajstić information content (AvgIpc) is 1.58. The van der Waals surface area contributed by atoms with E-state index in [1.165, 1.54) is 257 Å². The summed E-state index contributed by atoms with van der Waals surface area (Å²) >= 11 is 0. The van der Waals surface area contributed by atoms with E-state index in [2.05, 4.69) is 48.5 Å². The van der Waals surface area contributed by atoms with Crippen molar-refractivity contribution in [2.75, 3.05) is 19.8 Å². The lowest BCUT2D eigenvalue weighted by molar-refractivity contribution is -0.384. The molecule has 0 bridgehead atoms. The van der Waals surface area contributed by atoms with Crippen LogP contribution in [0.1, 0.15) is 588 Å². The Balaban J connectivity index is 3.01. The molecule has 18 heteroatoms. The van der Waals surface area contributed by atoms with Gasteiger partial charge in [0.15, 0.2) is 30.5 Å². The Morgan fingerprint density at radius 2 is 0.430 bits per heavy atom. The van der Waals surface area contributed by atoms with E-state index >= 15 is 9.59 Å². The first-order valence-electron chi connectivity index (χ1n) is 55.7. The predicted octanol–water partition coefficient (Wildman–Crippen LogP) is 31.4. The van der Waals surface area contributed by atoms with Crippen LogP contribution in [0.25, 0.3) is 0 Å². The van der Waals surface area contributed by atoms with E-state index in [-0.39, 0.29) is 44.9 Å². The fourth-order valence-electron chi connectivity index (χ4n) is 18.3. The van der Waals surface area contributed by atoms with Crippen molar-refractivity contribution in [3.05, 3.63) is 0 Å². The molecule has 0 aliphatic carbocycles. The van der Waals surface area contributed by atoms with Gasteiger partial charge in [0.25, 0.3) is 0 Å². The monoisotopic (exact) mass is 1810 g/mol. The second kappa shape index (κ2) is 88.4. The zero-order valence-electron chi connectivity index (χ0n) is 84.5. The first-order chi connectivity index (χ1) is 62.8. The van der Waals surface area contributed by atoms with E-state index in [4.69, 9.17) is 47.4 Å². The number of aliphatic hydroxyl groups is 1. The maximum atomic E-state index is 15.2. The summed E-state index contributed by atoms with van der Waals surface area (Å²) in [6.07, 6.45) is 69.0. The van der Waals surface area contributed by atoms with Gasteiger partial charge in [-0.3, -0.25) is 33.6 Å². The molecule has 0 amide bonds. The van der Waals surface area contributed by atoms with E-state index in [1.54, 1.807) is 0 Å². The molecule has 1 N–H and O–H groups in total. The molecule has 9 atom stereocenters. The summed E-state index contributed by atoms with van der Waals surface area (Å²) in [7, 11) is 0. The Kier molecular flexibility index (Phi) is 83.0. The van der Waals surface area contributed by atoms with Crippen LogP contribution in [0.4, 0.5) is 0 Å². The number of ether oxygens (including phenoxy) is 10. The zero-order valence-corrected chi connectivity index (χ0v) is 84.5. The maximum absolute atomic E-state index is 15.2. The third-order valence-electron chi connectivity index (χ3n) is 26.6. The molecule has 0 unspecified atom stereocenters. The van der Waals surface area contributed by atoms with Crippen molar-refractivity contribution >= 4 is 41.8 Å². The minimum atomic E-state index is -2.53. The molecule has 752 valence electrons. The molecule has 0 radical (unpaired) electrons. The molecular weight excluding hydrogens is 1610 g/mol. The highest BCUT2D eigenvalue weighted by molar-refractivity contribution is 5.73. The summed E-state index contributed by atoms with van der Waals surface area (Å²) in [4.78, 5) is 103. The fraction of sp³-hybridized carbons (Fsp3) is 0.936. The highest BCUT2D eigenvalue weighted by Gasteiger charge is 2.65. The SMILES string of the molecule is CCCCCCCCCCCCCC(=O)OC[C@H]1O[C@@](COC(=O)CCCCCCCCCCCCC)(O[C@H]2O[C@H](CO)[C@@H](OC(=O)CCCCCCCCCCCCC)[C@H](OC(=O)CCCCCCCCCCCCC)[C@H]2OC(=O)CCCCCCCCCCCCC)[C@@H](OC(=O)CCCCCCCCCCCCC)[C@@H]1OC(=O)CCCCCCCCCCCCC. The van der Waals surface area contributed by atoms with Gasteiger partial charge in [0.05, 0.1) is 6.61 Å². The lowest BCUT2D eigenvalue weighted by Gasteiger charge is -2.46. The van der Waals surface area contributed by atoms with Crippen molar-refractivity contribution in [2.24, 2.45) is 0 Å². The first-order valence-corrected chi connectivity index (χ1v) is 55.7. The zero-order chi connectivity index (χ0) is 92.7. The first kappa shape index (κ1) is 120. The highest BCUT2D eigenvalue weighted by Crippen LogP contribution is 2.43. The Morgan fingerprint density at radius 3 is 0.680 bits per heavy atom. The summed E-state index contributed by atoms with van der Waals surface area (Å²) in [5.74, 6) is -6.90. The van der Waals surface area contributed by atoms with Crippen molar-refractivity contribution in [3.63, 3.8) is 0 Å². The molecule has 0 saturated carbocycles. The molecule has 0 aromatic carbocycles. The average molecular weight is 1810 g/mol. The molecule has 18 nitrogen and oxygen atoms in total. The van der Waals surface area contributed by atoms with Gasteiger partial charge in [-0.1, -0.05) is 498 Å². The van der Waals surface area contributed by atoms with Gasteiger partial charge < -0.3 is 52.5 Å². The summed E-state index contributed by atoms with van der Waals surface area (Å²) in [5, 5.41) is 11.8. The second-order valence-corrected chi connectivity index (χ2v) is 38.9. The van der Waals surface area contributed by atoms with Crippen molar-refractivity contribution in [1.82, 2.24) is 0 Å². The van der Waals surface area contributed by atoms with Crippen LogP contribution in [0.2, 0.25) is 0 Å². The van der Waals surface area contributed by atoms with Crippen LogP contribution in [0, 0.1) is 0 Å². The van der Waals surface area contributed by atoms with Crippen LogP contribution in [-0.2, 0) is 80.9 Å². The van der Waals surface area contributed by atoms with Crippen molar-refractivity contribution in [1.29, 1.82) is 0 Å². The number of carbonyl (C=O) groups excluding carboxylic acids is 7. The minimum absolute atomic E-state index is 0.00671. The molecule has 2 aliphatic rings. The number of rotatable bonds is 96. The molecule has 2 fully saturated rings. The second-order valence-electron chi connectivity index (χ2n) is 38.9. The fourth-order valence-corrected chi connectivity index (χ4v) is 18.3. The van der Waals surface area contributed by atoms with Crippen LogP contribution in [0.15, 0.2) is 0 Å². The lowest BCUT2D eigenvalue weighted by atomic mass is 9.97. The molecule has 2 aliphatic heterocycles. The van der Waals surface area contributed by atoms with Crippen LogP contribution < -0.4 is 0 Å². The number of hydrogen-bond donors (Lipinski definition) is 1. The molecule has 128 heavy (non-hydrogen) atoms. The Labute approximate surface area is 786 Å². The molecule has 0 aromatic rings. The predicted molar refractivity (Wildman–Crippen MR) is 523 cm³/mol. The van der Waals surface area contributed by atoms with E-state index in [0.29, 0.717) is 44.9 Å². The van der Waals surface area contributed by atoms with Crippen LogP contribution in [0.5, 0.6) is 0 Å². The topological polar surface area (TPSA) is 232 Å². The van der Waals surface area contributed by atoms with Gasteiger partial charge in [0.1, 0.15) is 25.4 Å². The van der Waals surface area contributed by atoms with Gasteiger partial charge in [-0.05, 0) is 44.9 Å². The molecule has 2 rings (SSSR count). The Hall–Kier alpha value is -3.87. The Bertz CT molecular complexity index is 2550. The maximum Gasteiger partial charge on any atom is 0.306 e. The molecule has 0 aromatic heterocycles. The largest absolute Gasteiger partial charge is 0.463 e. The quantitative estimate of drug-likeness (QED) is 0.0339. The van der Waals surface area contributed by atoms with Gasteiger partial charge >= 0.3 is 41.8 Å². The van der Waals surface area contributed by atoms with Gasteiger partial charge in [-0.2, -0.15) is 0 Å². The summed E-state index contributed by atoms with van der Waals surface area (Å²) in [5.41, 5.74) is 0. The van der Waals surface area contributed by atoms with E-state index < -0.39 is 116 Å². The number of esters is 7. The molecule has 2 saturated heterocycles. The molecule has 2 heterocycles. The molecular formula is C110H204O18. The summed E-state index contributed by atoms with van der Waals surface area (Å²) in [6, 6.07) is 0. The van der Waals surface area contributed by atoms with E-state index in [0.717, 1.165) is 193 Å². The number of unbranched alkanes of at least 4 members (excludes halogenated alkanes) is 70. The highest BCUT2D eigenvalue weighted by atomic mass is 16.8. The van der Waals surface area contributed by atoms with Crippen molar-refractivity contribution in [3.8, 4) is 0 Å². The van der Waals surface area contributed by atoms with Crippen molar-refractivity contribution in [2.45, 2.75) is 643 Å². The van der Waals surface area contributed by atoms with E-state index in [9.17, 15) is 29.1 Å². The van der Waals surface area contributed by atoms with Crippen molar-refractivity contribution < 1.29 is 86.0 Å². The van der Waals surface area contributed by atoms with Gasteiger partial charge in [0, 0.05) is 44.9 Å². The number of hydrogen-bond acceptors (Lipinski definition) is 18. The van der Waals surface area contributed by atoms with Gasteiger partial charge in [0.2, 0.25) is 12.1 Å². The Morgan fingerprint density at radius 1 is 0.227 bits per heavy atom. The summed E-state index contributed by atoms with van der Waals surface area (Å²) < 4.78 is 67.2. The number of aliphatic hydroxyl groups excluding tert-OH is 1. The van der Waals surface area contributed by atoms with Gasteiger partial charge in [-0.25, -0.2) is 0 Å². The van der Waals surface area contributed by atoms with Crippen LogP contribution >= 0.6 is 0 Å². The summed E-state index contributed by atoms with van der Waals surface area (Å²) in [6.45, 7) is 13.5. The normalized spacial score (nSPS) is 18.6. The van der Waals surface area contributed by atoms with E-state index in [1.807, 2.05) is 0 Å². The van der Waals surface area contributed by atoms with Crippen LogP contribution in [0.3, 0.4) is 0 Å². The van der Waals surface area contributed by atoms with Crippen LogP contribution in [-0.4, -0.2) is 122 Å².